The summed E-state index contributed by atoms with van der Waals surface area (Å²) >= 11 is 3.35. The molecule has 17 rings (SSSR count). The molecule has 0 aliphatic carbocycles. The van der Waals surface area contributed by atoms with E-state index in [0.717, 1.165) is 89.7 Å². The van der Waals surface area contributed by atoms with Crippen molar-refractivity contribution < 1.29 is 98.0 Å². The van der Waals surface area contributed by atoms with Crippen molar-refractivity contribution >= 4 is 39.8 Å². The molecule has 0 fully saturated rings. The summed E-state index contributed by atoms with van der Waals surface area (Å²) in [5, 5.41) is 2.50. The molecule has 0 N–H and O–H groups in total. The number of fused-ring (bicyclic) bond motifs is 3. The monoisotopic (exact) mass is 1750 g/mol. The molecule has 9 aromatic heterocycles. The van der Waals surface area contributed by atoms with E-state index in [1.807, 2.05) is 280 Å². The van der Waals surface area contributed by atoms with Crippen LogP contribution in [0.4, 0.5) is 34.0 Å². The Balaban J connectivity index is 0.000000237. The van der Waals surface area contributed by atoms with Gasteiger partial charge in [0.2, 0.25) is 11.9 Å². The number of hydrogen-bond acceptors (Lipinski definition) is 12. The summed E-state index contributed by atoms with van der Waals surface area (Å²) in [7, 11) is 1.61. The molecule has 114 heavy (non-hydrogen) atoms. The van der Waals surface area contributed by atoms with Gasteiger partial charge in [-0.15, -0.1) is 108 Å². The topological polar surface area (TPSA) is 130 Å². The number of nitrogens with zero attached hydrogens (tertiary/aromatic N) is 13. The van der Waals surface area contributed by atoms with E-state index >= 15 is 0 Å². The van der Waals surface area contributed by atoms with Crippen molar-refractivity contribution in [1.29, 1.82) is 0 Å². The molecule has 0 amide bonds. The van der Waals surface area contributed by atoms with Gasteiger partial charge in [0.1, 0.15) is 0 Å². The van der Waals surface area contributed by atoms with Crippen molar-refractivity contribution in [2.24, 2.45) is 0 Å². The first-order valence-electron chi connectivity index (χ1n) is 33.4. The summed E-state index contributed by atoms with van der Waals surface area (Å²) in [5.41, 5.74) is 15.9. The summed E-state index contributed by atoms with van der Waals surface area (Å²) in [6.07, 6.45) is 18.6. The summed E-state index contributed by atoms with van der Waals surface area (Å²) in [6.45, 7) is 4.00. The molecule has 6 aromatic carbocycles. The summed E-state index contributed by atoms with van der Waals surface area (Å²) in [4.78, 5) is 46.1. The first-order valence-corrected chi connectivity index (χ1v) is 36.8. The van der Waals surface area contributed by atoms with Gasteiger partial charge in [-0.3, -0.25) is 39.9 Å². The van der Waals surface area contributed by atoms with Crippen LogP contribution in [0.5, 0.6) is 0 Å². The smallest absolute Gasteiger partial charge is 0.657 e. The van der Waals surface area contributed by atoms with Crippen molar-refractivity contribution in [3.05, 3.63) is 378 Å². The number of pyridine rings is 8. The molecule has 0 bridgehead atoms. The third kappa shape index (κ3) is 32.3. The van der Waals surface area contributed by atoms with Crippen molar-refractivity contribution in [3.8, 4) is 90.1 Å². The Hall–Kier alpha value is -10.9. The van der Waals surface area contributed by atoms with Gasteiger partial charge in [0.25, 0.3) is 0 Å². The summed E-state index contributed by atoms with van der Waals surface area (Å²) in [5.74, 6) is -0.983. The van der Waals surface area contributed by atoms with Gasteiger partial charge in [-0.25, -0.2) is 0 Å². The van der Waals surface area contributed by atoms with E-state index in [1.54, 1.807) is 61.4 Å². The maximum Gasteiger partial charge on any atom is 2.00 e. The first kappa shape index (κ1) is 93.7. The molecule has 0 radical (unpaired) electrons. The van der Waals surface area contributed by atoms with E-state index in [4.69, 9.17) is 0 Å². The van der Waals surface area contributed by atoms with Crippen LogP contribution in [0.2, 0.25) is 0 Å². The molecule has 2 aliphatic heterocycles. The quantitative estimate of drug-likeness (QED) is 0.0471. The van der Waals surface area contributed by atoms with E-state index in [0.29, 0.717) is 11.4 Å². The van der Waals surface area contributed by atoms with Crippen LogP contribution in [0.25, 0.3) is 112 Å². The Bertz CT molecular complexity index is 4930. The van der Waals surface area contributed by atoms with Crippen LogP contribution in [0, 0.1) is 49.5 Å². The van der Waals surface area contributed by atoms with Crippen LogP contribution in [0.3, 0.4) is 0 Å². The van der Waals surface area contributed by atoms with Gasteiger partial charge in [-0.1, -0.05) is 198 Å². The second kappa shape index (κ2) is 45.7. The van der Waals surface area contributed by atoms with E-state index in [2.05, 4.69) is 130 Å². The van der Waals surface area contributed by atoms with Gasteiger partial charge >= 0.3 is 107 Å². The third-order valence-electron chi connectivity index (χ3n) is 14.9. The van der Waals surface area contributed by atoms with Crippen molar-refractivity contribution in [1.82, 2.24) is 64.5 Å². The second-order valence-electron chi connectivity index (χ2n) is 23.5. The van der Waals surface area contributed by atoms with Gasteiger partial charge in [0.05, 0.1) is 0 Å². The third-order valence-corrected chi connectivity index (χ3v) is 14.9. The van der Waals surface area contributed by atoms with E-state index in [1.165, 1.54) is 22.9 Å². The average molecular weight is 1750 g/mol. The minimum absolute atomic E-state index is 0. The summed E-state index contributed by atoms with van der Waals surface area (Å²) in [6, 6.07) is 97.3. The molecule has 0 atom stereocenters. The maximum atomic E-state index is 13.1. The molecule has 0 spiro atoms. The summed E-state index contributed by atoms with van der Waals surface area (Å²) < 4.78 is 85.5. The Kier molecular flexibility index (Phi) is 37.6. The molecule has 27 heteroatoms. The molecule has 0 saturated heterocycles. The normalized spacial score (nSPS) is 11.8. The molecule has 0 saturated carbocycles. The van der Waals surface area contributed by atoms with Crippen LogP contribution in [0.15, 0.2) is 329 Å². The maximum absolute atomic E-state index is 13.1. The van der Waals surface area contributed by atoms with E-state index in [9.17, 15) is 34.0 Å². The van der Waals surface area contributed by atoms with Gasteiger partial charge < -0.3 is 24.6 Å². The molecule has 15 aromatic rings. The van der Waals surface area contributed by atoms with Crippen LogP contribution >= 0.6 is 18.0 Å². The van der Waals surface area contributed by atoms with Crippen LogP contribution in [0.1, 0.15) is 7.43 Å². The minimum atomic E-state index is -10.7. The fraction of sp³-hybridized carbons (Fsp3) is 0.0575. The number of para-hydroxylation sites is 2. The first-order chi connectivity index (χ1) is 53.0. The number of aromatic nitrogens is 9. The Labute approximate surface area is 701 Å². The Morgan fingerprint density at radius 3 is 0.684 bits per heavy atom. The van der Waals surface area contributed by atoms with Gasteiger partial charge in [-0.05, 0) is 112 Å². The van der Waals surface area contributed by atoms with E-state index < -0.39 is 19.7 Å². The zero-order chi connectivity index (χ0) is 78.2. The molecular formula is C87H72ClF8N13Ni4P-2. The predicted octanol–water partition coefficient (Wildman–Crippen LogP) is 23.3. The Morgan fingerprint density at radius 1 is 0.298 bits per heavy atom. The standard InChI is InChI=1S/2C16H10FN2.2C16H11N2.C12H8N.2C5H9N2.CH4.ClH.F6P.4Ni/c2*17-16-9-4-8-15(19-16)13-6-3-5-12(11-13)14-7-1-2-10-18-14;2*1-3-10-17-15(8-1)13-6-5-7-14(12-13)16-9-2-4-11-18-16;1-3-7-11-9(5-1)10-6-2-4-8-12(10)13-11;2*1-6-3-4-7(2)5-6;;;1-7(2,3,4,5)6;;;;/h2*1-10H;2*1-11H;1-8H;2*3-5H,1-2H3;1H4;1H;;;;;/q7*-1;;;-1;+1;3*+2/p-1. The molecular weight excluding hydrogens is 1680 g/mol. The Morgan fingerprint density at radius 2 is 0.491 bits per heavy atom. The molecule has 0 unspecified atom stereocenters. The number of rotatable bonds is 8. The molecule has 13 nitrogen and oxygen atoms in total. The fourth-order valence-corrected chi connectivity index (χ4v) is 10.2. The number of benzene rings is 6. The minimum Gasteiger partial charge on any atom is -0.657 e. The molecule has 595 valence electrons. The van der Waals surface area contributed by atoms with Crippen LogP contribution < -0.4 is 4.98 Å². The van der Waals surface area contributed by atoms with E-state index in [-0.39, 0.29) is 56.9 Å². The van der Waals surface area contributed by atoms with Crippen molar-refractivity contribution in [2.45, 2.75) is 7.43 Å². The van der Waals surface area contributed by atoms with Gasteiger partial charge in [0.15, 0.2) is 0 Å². The molecule has 11 heterocycles. The zero-order valence-corrected chi connectivity index (χ0v) is 65.9. The average Bonchev–Trinajstić information content (AvgIpc) is 1.01. The second-order valence-corrected chi connectivity index (χ2v) is 25.4. The molecule has 2 aliphatic rings. The van der Waals surface area contributed by atoms with Crippen LogP contribution in [-0.4, -0.2) is 87.7 Å². The van der Waals surface area contributed by atoms with Gasteiger partial charge in [0, 0.05) is 82.7 Å². The fourth-order valence-electron chi connectivity index (χ4n) is 10.2. The van der Waals surface area contributed by atoms with Crippen molar-refractivity contribution in [2.75, 3.05) is 28.2 Å². The van der Waals surface area contributed by atoms with Crippen molar-refractivity contribution in [3.63, 3.8) is 0 Å². The predicted molar refractivity (Wildman–Crippen MR) is 426 cm³/mol. The number of halogens is 9. The largest absolute Gasteiger partial charge is 2.00 e. The zero-order valence-electron chi connectivity index (χ0n) is 60.3. The number of hydrogen-bond donors (Lipinski definition) is 0. The SMILES string of the molecule is C.CN1C=CN(C)[CH-]1.CN1C=CN(C)[CH-]1.F[P-](F)(F)(F)(F)F.Fc1cccc(-c2[c-]c(-c3ccccn3)ccc2)n1.Fc1cccc(-c2[c-]c(-c3ccccn3)ccc2)n1.[Cl][Ni].[Ni+2].[Ni+2].[Ni+2].[c-]1c(-c2ccccn2)cccc1-c1ccccn1.[c-]1c(-c2ccccn2)cccc1-c1ccccn1.c1ccc2c(c1)[n-]c1ccccc12. The van der Waals surface area contributed by atoms with Gasteiger partial charge in [-0.2, -0.15) is 22.1 Å². The van der Waals surface area contributed by atoms with Crippen LogP contribution in [-0.2, 0) is 64.0 Å².